The van der Waals surface area contributed by atoms with Gasteiger partial charge in [-0.1, -0.05) is 36.4 Å². The molecule has 0 unspecified atom stereocenters. The second-order valence-corrected chi connectivity index (χ2v) is 9.43. The third kappa shape index (κ3) is 4.46. The molecule has 5 nitrogen and oxygen atoms in total. The van der Waals surface area contributed by atoms with E-state index in [1.807, 2.05) is 63.7 Å². The maximum absolute atomic E-state index is 13.2. The van der Waals surface area contributed by atoms with Gasteiger partial charge >= 0.3 is 8.64 Å². The molecule has 0 aliphatic heterocycles. The summed E-state index contributed by atoms with van der Waals surface area (Å²) in [5, 5.41) is 0. The van der Waals surface area contributed by atoms with Crippen molar-refractivity contribution in [2.75, 3.05) is 19.7 Å². The summed E-state index contributed by atoms with van der Waals surface area (Å²) in [5.74, 6) is -0.222. The summed E-state index contributed by atoms with van der Waals surface area (Å²) >= 11 is 0. The number of carbonyl (C=O) groups excluding carboxylic acids is 2. The fourth-order valence-corrected chi connectivity index (χ4v) is 6.63. The molecule has 2 rings (SSSR count). The molecular formula is C21H28N2O3Si. The van der Waals surface area contributed by atoms with Crippen molar-refractivity contribution in [1.29, 1.82) is 0 Å². The maximum Gasteiger partial charge on any atom is 0.420 e. The van der Waals surface area contributed by atoms with Crippen molar-refractivity contribution in [3.63, 3.8) is 0 Å². The highest BCUT2D eigenvalue weighted by molar-refractivity contribution is 6.72. The van der Waals surface area contributed by atoms with Crippen LogP contribution in [0.3, 0.4) is 0 Å². The molecule has 0 spiro atoms. The Labute approximate surface area is 162 Å². The quantitative estimate of drug-likeness (QED) is 0.648. The smallest absolute Gasteiger partial charge is 0.383 e. The second-order valence-electron chi connectivity index (χ2n) is 6.20. The summed E-state index contributed by atoms with van der Waals surface area (Å²) in [6.07, 6.45) is 0. The van der Waals surface area contributed by atoms with Gasteiger partial charge in [0, 0.05) is 30.8 Å². The molecule has 0 heterocycles. The van der Waals surface area contributed by atoms with Gasteiger partial charge in [0.05, 0.1) is 0 Å². The van der Waals surface area contributed by atoms with Gasteiger partial charge < -0.3 is 13.6 Å². The van der Waals surface area contributed by atoms with Crippen LogP contribution in [0.1, 0.15) is 41.5 Å². The highest BCUT2D eigenvalue weighted by Gasteiger charge is 2.48. The summed E-state index contributed by atoms with van der Waals surface area (Å²) in [4.78, 5) is 26.4. The van der Waals surface area contributed by atoms with Gasteiger partial charge in [-0.05, 0) is 51.6 Å². The molecule has 27 heavy (non-hydrogen) atoms. The number of amides is 2. The van der Waals surface area contributed by atoms with Crippen LogP contribution in [0, 0.1) is 0 Å². The third-order valence-corrected chi connectivity index (χ3v) is 8.46. The van der Waals surface area contributed by atoms with E-state index in [1.165, 1.54) is 0 Å². The monoisotopic (exact) mass is 384 g/mol. The zero-order chi connectivity index (χ0) is 19.9. The minimum absolute atomic E-state index is 0.111. The van der Waals surface area contributed by atoms with Crippen LogP contribution in [0.4, 0.5) is 0 Å². The summed E-state index contributed by atoms with van der Waals surface area (Å²) < 4.78 is 9.66. The Morgan fingerprint density at radius 1 is 0.778 bits per heavy atom. The van der Waals surface area contributed by atoms with E-state index in [0.29, 0.717) is 30.8 Å². The SMILES string of the molecule is CCO[Si](C)(N(CC)C(=O)c1ccccc1)N(CC)C(=O)c1ccccc1. The van der Waals surface area contributed by atoms with Crippen LogP contribution in [0.25, 0.3) is 0 Å². The third-order valence-electron chi connectivity index (χ3n) is 4.58. The molecule has 0 aliphatic rings. The lowest BCUT2D eigenvalue weighted by Crippen LogP contribution is -2.68. The Morgan fingerprint density at radius 3 is 1.44 bits per heavy atom. The van der Waals surface area contributed by atoms with Crippen molar-refractivity contribution >= 4 is 20.5 Å². The molecule has 0 fully saturated rings. The predicted molar refractivity (Wildman–Crippen MR) is 110 cm³/mol. The van der Waals surface area contributed by atoms with E-state index in [2.05, 4.69) is 0 Å². The Bertz CT molecular complexity index is 693. The van der Waals surface area contributed by atoms with Crippen molar-refractivity contribution in [1.82, 2.24) is 9.13 Å². The van der Waals surface area contributed by atoms with E-state index in [1.54, 1.807) is 33.4 Å². The van der Waals surface area contributed by atoms with Crippen LogP contribution in [0.2, 0.25) is 6.55 Å². The van der Waals surface area contributed by atoms with E-state index in [-0.39, 0.29) is 11.8 Å². The van der Waals surface area contributed by atoms with Crippen LogP contribution >= 0.6 is 0 Å². The van der Waals surface area contributed by atoms with Crippen molar-refractivity contribution in [2.24, 2.45) is 0 Å². The van der Waals surface area contributed by atoms with Gasteiger partial charge in [0.2, 0.25) is 11.8 Å². The Kier molecular flexibility index (Phi) is 7.33. The van der Waals surface area contributed by atoms with Crippen molar-refractivity contribution in [3.8, 4) is 0 Å². The van der Waals surface area contributed by atoms with Crippen molar-refractivity contribution < 1.29 is 14.0 Å². The first-order valence-corrected chi connectivity index (χ1v) is 11.7. The van der Waals surface area contributed by atoms with Crippen LogP contribution in [0.5, 0.6) is 0 Å². The lowest BCUT2D eigenvalue weighted by molar-refractivity contribution is 0.0717. The molecule has 0 bridgehead atoms. The molecule has 0 saturated carbocycles. The van der Waals surface area contributed by atoms with Gasteiger partial charge in [0.15, 0.2) is 0 Å². The van der Waals surface area contributed by atoms with Crippen LogP contribution in [-0.2, 0) is 4.43 Å². The van der Waals surface area contributed by atoms with E-state index in [0.717, 1.165) is 0 Å². The normalized spacial score (nSPS) is 11.1. The molecule has 2 aromatic rings. The summed E-state index contributed by atoms with van der Waals surface area (Å²) in [7, 11) is -3.03. The standard InChI is InChI=1S/C21H28N2O3Si/c1-5-22(20(24)18-14-10-8-11-15-18)27(4,26-7-3)23(6-2)21(25)19-16-12-9-13-17-19/h8-17H,5-7H2,1-4H3. The second kappa shape index (κ2) is 9.48. The van der Waals surface area contributed by atoms with Gasteiger partial charge in [0.1, 0.15) is 0 Å². The fourth-order valence-electron chi connectivity index (χ4n) is 3.30. The lowest BCUT2D eigenvalue weighted by Gasteiger charge is -2.44. The van der Waals surface area contributed by atoms with Crippen LogP contribution in [0.15, 0.2) is 60.7 Å². The predicted octanol–water partition coefficient (Wildman–Crippen LogP) is 3.92. The number of rotatable bonds is 8. The average Bonchev–Trinajstić information content (AvgIpc) is 2.70. The highest BCUT2D eigenvalue weighted by atomic mass is 28.4. The Morgan fingerprint density at radius 2 is 1.15 bits per heavy atom. The fraction of sp³-hybridized carbons (Fsp3) is 0.333. The molecule has 0 aromatic heterocycles. The van der Waals surface area contributed by atoms with E-state index >= 15 is 0 Å². The number of nitrogens with zero attached hydrogens (tertiary/aromatic N) is 2. The largest absolute Gasteiger partial charge is 0.420 e. The van der Waals surface area contributed by atoms with Crippen LogP contribution < -0.4 is 0 Å². The lowest BCUT2D eigenvalue weighted by atomic mass is 10.2. The zero-order valence-electron chi connectivity index (χ0n) is 16.5. The highest BCUT2D eigenvalue weighted by Crippen LogP contribution is 2.23. The molecule has 0 atom stereocenters. The molecule has 144 valence electrons. The molecule has 0 radical (unpaired) electrons. The number of hydrogen-bond donors (Lipinski definition) is 0. The molecule has 0 N–H and O–H groups in total. The molecule has 2 aromatic carbocycles. The summed E-state index contributed by atoms with van der Waals surface area (Å²) in [5.41, 5.74) is 1.20. The summed E-state index contributed by atoms with van der Waals surface area (Å²) in [6, 6.07) is 18.3. The minimum atomic E-state index is -3.03. The number of benzene rings is 2. The maximum atomic E-state index is 13.2. The van der Waals surface area contributed by atoms with Gasteiger partial charge in [-0.25, -0.2) is 0 Å². The van der Waals surface area contributed by atoms with Crippen molar-refractivity contribution in [2.45, 2.75) is 27.3 Å². The van der Waals surface area contributed by atoms with Gasteiger partial charge in [0.25, 0.3) is 0 Å². The van der Waals surface area contributed by atoms with Crippen LogP contribution in [-0.4, -0.2) is 49.3 Å². The molecule has 0 aliphatic carbocycles. The topological polar surface area (TPSA) is 49.9 Å². The molecule has 6 heteroatoms. The van der Waals surface area contributed by atoms with E-state index < -0.39 is 8.64 Å². The van der Waals surface area contributed by atoms with E-state index in [9.17, 15) is 9.59 Å². The Balaban J connectivity index is 2.45. The molecular weight excluding hydrogens is 356 g/mol. The first kappa shape index (κ1) is 20.9. The Hall–Kier alpha value is -2.44. The van der Waals surface area contributed by atoms with Gasteiger partial charge in [-0.2, -0.15) is 0 Å². The number of carbonyl (C=O) groups is 2. The van der Waals surface area contributed by atoms with Gasteiger partial charge in [-0.15, -0.1) is 0 Å². The molecule has 2 amide bonds. The van der Waals surface area contributed by atoms with E-state index in [4.69, 9.17) is 4.43 Å². The van der Waals surface area contributed by atoms with Gasteiger partial charge in [-0.3, -0.25) is 9.59 Å². The number of hydrogen-bond acceptors (Lipinski definition) is 3. The minimum Gasteiger partial charge on any atom is -0.383 e. The van der Waals surface area contributed by atoms with Crippen molar-refractivity contribution in [3.05, 3.63) is 71.8 Å². The average molecular weight is 385 g/mol. The first-order chi connectivity index (χ1) is 13.0. The molecule has 0 saturated heterocycles. The summed E-state index contributed by atoms with van der Waals surface area (Å²) in [6.45, 7) is 9.03. The zero-order valence-corrected chi connectivity index (χ0v) is 17.5. The first-order valence-electron chi connectivity index (χ1n) is 9.37.